The van der Waals surface area contributed by atoms with E-state index < -0.39 is 6.10 Å². The number of likely N-dealkylation sites (tertiary alicyclic amines) is 1. The van der Waals surface area contributed by atoms with Gasteiger partial charge in [-0.2, -0.15) is 0 Å². The van der Waals surface area contributed by atoms with Gasteiger partial charge in [-0.1, -0.05) is 6.42 Å². The molecule has 16 heavy (non-hydrogen) atoms. The van der Waals surface area contributed by atoms with Gasteiger partial charge in [0.25, 0.3) is 0 Å². The van der Waals surface area contributed by atoms with Crippen molar-refractivity contribution in [1.82, 2.24) is 4.90 Å². The van der Waals surface area contributed by atoms with Crippen LogP contribution in [0.2, 0.25) is 0 Å². The molecule has 2 aliphatic heterocycles. The lowest BCUT2D eigenvalue weighted by molar-refractivity contribution is -0.132. The van der Waals surface area contributed by atoms with Gasteiger partial charge in [-0.15, -0.1) is 0 Å². The summed E-state index contributed by atoms with van der Waals surface area (Å²) in [5.41, 5.74) is 0. The zero-order valence-electron chi connectivity index (χ0n) is 9.73. The highest BCUT2D eigenvalue weighted by Crippen LogP contribution is 2.19. The Hall–Kier alpha value is -0.610. The Kier molecular flexibility index (Phi) is 4.18. The smallest absolute Gasteiger partial charge is 0.222 e. The Balaban J connectivity index is 1.83. The van der Waals surface area contributed by atoms with Gasteiger partial charge in [0, 0.05) is 32.0 Å². The summed E-state index contributed by atoms with van der Waals surface area (Å²) in [5, 5.41) is 10.0. The first-order chi connectivity index (χ1) is 7.77. The molecule has 1 N–H and O–H groups in total. The Morgan fingerprint density at radius 1 is 1.44 bits per heavy atom. The number of aliphatic hydroxyl groups is 1. The highest BCUT2D eigenvalue weighted by Gasteiger charge is 2.27. The van der Waals surface area contributed by atoms with Gasteiger partial charge in [-0.05, 0) is 19.3 Å². The van der Waals surface area contributed by atoms with E-state index in [9.17, 15) is 9.90 Å². The summed E-state index contributed by atoms with van der Waals surface area (Å²) in [6.07, 6.45) is 4.35. The normalized spacial score (nSPS) is 29.2. The van der Waals surface area contributed by atoms with E-state index in [1.807, 2.05) is 4.90 Å². The largest absolute Gasteiger partial charge is 0.391 e. The van der Waals surface area contributed by atoms with Crippen LogP contribution in [-0.4, -0.2) is 48.3 Å². The number of hydrogen-bond donors (Lipinski definition) is 1. The number of amides is 1. The molecule has 92 valence electrons. The Morgan fingerprint density at radius 2 is 2.31 bits per heavy atom. The second kappa shape index (κ2) is 5.64. The number of nitrogens with zero attached hydrogens (tertiary/aromatic N) is 1. The average molecular weight is 227 g/mol. The molecule has 0 radical (unpaired) electrons. The van der Waals surface area contributed by atoms with Crippen LogP contribution in [0.3, 0.4) is 0 Å². The molecule has 0 bridgehead atoms. The third kappa shape index (κ3) is 2.95. The van der Waals surface area contributed by atoms with Gasteiger partial charge < -0.3 is 14.7 Å². The summed E-state index contributed by atoms with van der Waals surface area (Å²) in [4.78, 5) is 13.6. The number of β-amino-alcohol motifs (C(OH)–C–C–N with tert-alkyl or cyclic N) is 1. The molecule has 1 amide bonds. The number of carbonyl (C=O) groups is 1. The fourth-order valence-corrected chi connectivity index (χ4v) is 2.46. The minimum absolute atomic E-state index is 0.204. The molecule has 2 atom stereocenters. The van der Waals surface area contributed by atoms with E-state index in [-0.39, 0.29) is 11.8 Å². The predicted octanol–water partition coefficient (Wildman–Crippen LogP) is 0.786. The van der Waals surface area contributed by atoms with E-state index in [0.717, 1.165) is 38.8 Å². The standard InChI is InChI=1S/C12H21NO3/c14-11(10-5-7-16-9-10)8-13-6-3-1-2-4-12(13)15/h10-11,14H,1-9H2. The number of carbonyl (C=O) groups excluding carboxylic acids is 1. The van der Waals surface area contributed by atoms with Crippen LogP contribution in [0.1, 0.15) is 32.1 Å². The molecule has 2 fully saturated rings. The number of ether oxygens (including phenoxy) is 1. The Labute approximate surface area is 96.6 Å². The molecule has 2 heterocycles. The van der Waals surface area contributed by atoms with Gasteiger partial charge in [0.15, 0.2) is 0 Å². The maximum absolute atomic E-state index is 11.7. The molecule has 2 saturated heterocycles. The zero-order valence-corrected chi connectivity index (χ0v) is 9.73. The third-order valence-corrected chi connectivity index (χ3v) is 3.59. The summed E-state index contributed by atoms with van der Waals surface area (Å²) in [7, 11) is 0. The molecule has 4 nitrogen and oxygen atoms in total. The van der Waals surface area contributed by atoms with Crippen molar-refractivity contribution in [2.24, 2.45) is 5.92 Å². The minimum atomic E-state index is -0.412. The first kappa shape index (κ1) is 11.9. The molecule has 0 aliphatic carbocycles. The molecule has 2 unspecified atom stereocenters. The summed E-state index contributed by atoms with van der Waals surface area (Å²) in [6.45, 7) is 2.69. The summed E-state index contributed by atoms with van der Waals surface area (Å²) in [5.74, 6) is 0.423. The Bertz CT molecular complexity index is 238. The van der Waals surface area contributed by atoms with Crippen molar-refractivity contribution >= 4 is 5.91 Å². The number of aliphatic hydroxyl groups excluding tert-OH is 1. The summed E-state index contributed by atoms with van der Waals surface area (Å²) in [6, 6.07) is 0. The van der Waals surface area contributed by atoms with Crippen LogP contribution in [0.15, 0.2) is 0 Å². The zero-order chi connectivity index (χ0) is 11.4. The molecule has 0 aromatic heterocycles. The second-order valence-corrected chi connectivity index (χ2v) is 4.84. The molecule has 0 aromatic rings. The van der Waals surface area contributed by atoms with Crippen LogP contribution in [-0.2, 0) is 9.53 Å². The van der Waals surface area contributed by atoms with Crippen molar-refractivity contribution in [2.45, 2.75) is 38.2 Å². The van der Waals surface area contributed by atoms with E-state index in [0.29, 0.717) is 19.6 Å². The van der Waals surface area contributed by atoms with Crippen LogP contribution < -0.4 is 0 Å². The fraction of sp³-hybridized carbons (Fsp3) is 0.917. The highest BCUT2D eigenvalue weighted by atomic mass is 16.5. The lowest BCUT2D eigenvalue weighted by Gasteiger charge is -2.26. The summed E-state index contributed by atoms with van der Waals surface area (Å²) >= 11 is 0. The molecular weight excluding hydrogens is 206 g/mol. The minimum Gasteiger partial charge on any atom is -0.391 e. The molecule has 2 rings (SSSR count). The van der Waals surface area contributed by atoms with Crippen molar-refractivity contribution in [3.63, 3.8) is 0 Å². The van der Waals surface area contributed by atoms with Crippen molar-refractivity contribution < 1.29 is 14.6 Å². The number of rotatable bonds is 3. The maximum Gasteiger partial charge on any atom is 0.222 e. The van der Waals surface area contributed by atoms with Crippen molar-refractivity contribution in [1.29, 1.82) is 0 Å². The molecular formula is C12H21NO3. The van der Waals surface area contributed by atoms with Gasteiger partial charge in [0.05, 0.1) is 12.7 Å². The van der Waals surface area contributed by atoms with Crippen LogP contribution >= 0.6 is 0 Å². The molecule has 0 aromatic carbocycles. The molecule has 2 aliphatic rings. The van der Waals surface area contributed by atoms with Gasteiger partial charge in [0.2, 0.25) is 5.91 Å². The molecule has 0 saturated carbocycles. The average Bonchev–Trinajstić information content (AvgIpc) is 2.73. The lowest BCUT2D eigenvalue weighted by atomic mass is 10.0. The van der Waals surface area contributed by atoms with E-state index in [2.05, 4.69) is 0 Å². The highest BCUT2D eigenvalue weighted by molar-refractivity contribution is 5.76. The first-order valence-electron chi connectivity index (χ1n) is 6.31. The number of hydrogen-bond acceptors (Lipinski definition) is 3. The SMILES string of the molecule is O=C1CCCCCN1CC(O)C1CCOC1. The summed E-state index contributed by atoms with van der Waals surface area (Å²) < 4.78 is 5.26. The predicted molar refractivity (Wildman–Crippen MR) is 60.0 cm³/mol. The first-order valence-corrected chi connectivity index (χ1v) is 6.31. The topological polar surface area (TPSA) is 49.8 Å². The van der Waals surface area contributed by atoms with Crippen molar-refractivity contribution in [2.75, 3.05) is 26.3 Å². The molecule has 0 spiro atoms. The molecule has 4 heteroatoms. The lowest BCUT2D eigenvalue weighted by Crippen LogP contribution is -2.40. The van der Waals surface area contributed by atoms with Gasteiger partial charge in [-0.3, -0.25) is 4.79 Å². The quantitative estimate of drug-likeness (QED) is 0.775. The van der Waals surface area contributed by atoms with E-state index in [1.54, 1.807) is 0 Å². The monoisotopic (exact) mass is 227 g/mol. The third-order valence-electron chi connectivity index (χ3n) is 3.59. The van der Waals surface area contributed by atoms with Gasteiger partial charge in [0.1, 0.15) is 0 Å². The van der Waals surface area contributed by atoms with Crippen molar-refractivity contribution in [3.8, 4) is 0 Å². The fourth-order valence-electron chi connectivity index (χ4n) is 2.46. The van der Waals surface area contributed by atoms with Crippen LogP contribution in [0.4, 0.5) is 0 Å². The van der Waals surface area contributed by atoms with Gasteiger partial charge >= 0.3 is 0 Å². The van der Waals surface area contributed by atoms with Crippen LogP contribution in [0.25, 0.3) is 0 Å². The van der Waals surface area contributed by atoms with E-state index in [1.165, 1.54) is 0 Å². The van der Waals surface area contributed by atoms with Crippen LogP contribution in [0, 0.1) is 5.92 Å². The second-order valence-electron chi connectivity index (χ2n) is 4.84. The van der Waals surface area contributed by atoms with Gasteiger partial charge in [-0.25, -0.2) is 0 Å². The van der Waals surface area contributed by atoms with E-state index in [4.69, 9.17) is 4.74 Å². The van der Waals surface area contributed by atoms with E-state index >= 15 is 0 Å². The van der Waals surface area contributed by atoms with Crippen LogP contribution in [0.5, 0.6) is 0 Å². The Morgan fingerprint density at radius 3 is 3.06 bits per heavy atom. The van der Waals surface area contributed by atoms with Crippen molar-refractivity contribution in [3.05, 3.63) is 0 Å². The maximum atomic E-state index is 11.7.